The summed E-state index contributed by atoms with van der Waals surface area (Å²) in [7, 11) is 0. The third kappa shape index (κ3) is 2.20. The van der Waals surface area contributed by atoms with Crippen LogP contribution in [-0.4, -0.2) is 39.9 Å². The summed E-state index contributed by atoms with van der Waals surface area (Å²) in [5.41, 5.74) is 7.04. The van der Waals surface area contributed by atoms with Gasteiger partial charge in [0.2, 0.25) is 0 Å². The Kier molecular flexibility index (Phi) is 2.73. The van der Waals surface area contributed by atoms with Crippen LogP contribution in [0.1, 0.15) is 0 Å². The molecule has 0 aliphatic heterocycles. The lowest BCUT2D eigenvalue weighted by atomic mass is 10.2. The Bertz CT molecular complexity index is 1410. The van der Waals surface area contributed by atoms with Crippen molar-refractivity contribution in [2.24, 2.45) is 0 Å². The minimum atomic E-state index is 0.663. The number of aromatic nitrogens is 8. The number of fused-ring (bicyclic) bond motifs is 3. The first-order chi connectivity index (χ1) is 13.3. The molecule has 3 N–H and O–H groups in total. The molecule has 6 aromatic rings. The van der Waals surface area contributed by atoms with Crippen LogP contribution in [0.25, 0.3) is 56.0 Å². The molecule has 0 fully saturated rings. The second-order valence-corrected chi connectivity index (χ2v) is 6.29. The number of aromatic amines is 3. The van der Waals surface area contributed by atoms with Gasteiger partial charge in [-0.1, -0.05) is 0 Å². The molecule has 1 aromatic carbocycles. The highest BCUT2D eigenvalue weighted by Crippen LogP contribution is 2.25. The summed E-state index contributed by atoms with van der Waals surface area (Å²) in [6.07, 6.45) is 6.94. The molecular formula is C19H12N8. The predicted octanol–water partition coefficient (Wildman–Crippen LogP) is 3.44. The van der Waals surface area contributed by atoms with E-state index in [1.807, 2.05) is 30.3 Å². The van der Waals surface area contributed by atoms with Gasteiger partial charge in [-0.2, -0.15) is 0 Å². The molecule has 0 aliphatic rings. The topological polar surface area (TPSA) is 112 Å². The van der Waals surface area contributed by atoms with Crippen LogP contribution in [0.3, 0.4) is 0 Å². The van der Waals surface area contributed by atoms with E-state index in [1.54, 1.807) is 24.9 Å². The van der Waals surface area contributed by atoms with Crippen molar-refractivity contribution in [1.29, 1.82) is 0 Å². The van der Waals surface area contributed by atoms with Gasteiger partial charge in [-0.25, -0.2) is 19.9 Å². The first-order valence-electron chi connectivity index (χ1n) is 8.43. The summed E-state index contributed by atoms with van der Waals surface area (Å²) in [4.78, 5) is 31.8. The largest absolute Gasteiger partial charge is 0.345 e. The van der Waals surface area contributed by atoms with Gasteiger partial charge in [0.05, 0.1) is 34.6 Å². The van der Waals surface area contributed by atoms with Gasteiger partial charge < -0.3 is 15.0 Å². The highest BCUT2D eigenvalue weighted by Gasteiger charge is 2.11. The standard InChI is InChI=1S/C19H12N8/c1-2-12-14(23-9-22-12)5-10(1)17-25-15-6-11(7-21-19(15)27-17)18-24-13-3-4-20-8-16(13)26-18/h1-9H,(H,22,23)(H,24,26)(H,21,25,27). The minimum absolute atomic E-state index is 0.663. The van der Waals surface area contributed by atoms with Gasteiger partial charge in [0.15, 0.2) is 5.65 Å². The molecule has 5 aromatic heterocycles. The molecule has 8 heteroatoms. The van der Waals surface area contributed by atoms with Crippen molar-refractivity contribution in [3.8, 4) is 22.8 Å². The molecule has 0 amide bonds. The smallest absolute Gasteiger partial charge is 0.178 e. The van der Waals surface area contributed by atoms with Crippen molar-refractivity contribution >= 4 is 33.2 Å². The van der Waals surface area contributed by atoms with Gasteiger partial charge in [-0.3, -0.25) is 4.98 Å². The first kappa shape index (κ1) is 14.1. The van der Waals surface area contributed by atoms with E-state index in [0.717, 1.165) is 50.4 Å². The second-order valence-electron chi connectivity index (χ2n) is 6.29. The number of nitrogens with zero attached hydrogens (tertiary/aromatic N) is 5. The lowest BCUT2D eigenvalue weighted by Gasteiger charge is -1.96. The third-order valence-electron chi connectivity index (χ3n) is 4.59. The van der Waals surface area contributed by atoms with Crippen LogP contribution in [0.15, 0.2) is 55.2 Å². The van der Waals surface area contributed by atoms with Crippen LogP contribution in [0.4, 0.5) is 0 Å². The van der Waals surface area contributed by atoms with Crippen molar-refractivity contribution in [2.45, 2.75) is 0 Å². The number of H-pyrrole nitrogens is 3. The van der Waals surface area contributed by atoms with E-state index in [4.69, 9.17) is 0 Å². The normalized spacial score (nSPS) is 11.7. The maximum atomic E-state index is 4.61. The van der Waals surface area contributed by atoms with Gasteiger partial charge >= 0.3 is 0 Å². The summed E-state index contributed by atoms with van der Waals surface area (Å²) in [5, 5.41) is 0. The van der Waals surface area contributed by atoms with Crippen LogP contribution in [-0.2, 0) is 0 Å². The Morgan fingerprint density at radius 2 is 1.59 bits per heavy atom. The molecule has 0 bridgehead atoms. The molecule has 0 atom stereocenters. The van der Waals surface area contributed by atoms with E-state index in [2.05, 4.69) is 39.9 Å². The molecule has 6 rings (SSSR count). The third-order valence-corrected chi connectivity index (χ3v) is 4.59. The fourth-order valence-corrected chi connectivity index (χ4v) is 3.24. The Balaban J connectivity index is 1.46. The lowest BCUT2D eigenvalue weighted by Crippen LogP contribution is -1.83. The number of nitrogens with one attached hydrogen (secondary N) is 3. The second kappa shape index (κ2) is 5.21. The Hall–Kier alpha value is -4.07. The molecule has 27 heavy (non-hydrogen) atoms. The van der Waals surface area contributed by atoms with Crippen molar-refractivity contribution in [1.82, 2.24) is 39.9 Å². The summed E-state index contributed by atoms with van der Waals surface area (Å²) < 4.78 is 0. The summed E-state index contributed by atoms with van der Waals surface area (Å²) in [5.74, 6) is 1.52. The molecular weight excluding hydrogens is 340 g/mol. The average molecular weight is 352 g/mol. The van der Waals surface area contributed by atoms with Gasteiger partial charge in [-0.15, -0.1) is 0 Å². The van der Waals surface area contributed by atoms with Crippen LogP contribution in [0.2, 0.25) is 0 Å². The van der Waals surface area contributed by atoms with Crippen LogP contribution < -0.4 is 0 Å². The molecule has 0 spiro atoms. The van der Waals surface area contributed by atoms with Gasteiger partial charge in [0.25, 0.3) is 0 Å². The maximum Gasteiger partial charge on any atom is 0.178 e. The van der Waals surface area contributed by atoms with Crippen molar-refractivity contribution in [2.75, 3.05) is 0 Å². The first-order valence-corrected chi connectivity index (χ1v) is 8.43. The number of pyridine rings is 2. The van der Waals surface area contributed by atoms with Crippen LogP contribution >= 0.6 is 0 Å². The molecule has 0 radical (unpaired) electrons. The van der Waals surface area contributed by atoms with E-state index in [9.17, 15) is 0 Å². The zero-order valence-electron chi connectivity index (χ0n) is 13.9. The van der Waals surface area contributed by atoms with E-state index in [1.165, 1.54) is 0 Å². The van der Waals surface area contributed by atoms with E-state index >= 15 is 0 Å². The lowest BCUT2D eigenvalue weighted by molar-refractivity contribution is 1.28. The van der Waals surface area contributed by atoms with Gasteiger partial charge in [0, 0.05) is 23.5 Å². The molecule has 0 saturated heterocycles. The Morgan fingerprint density at radius 1 is 0.704 bits per heavy atom. The molecule has 0 aliphatic carbocycles. The number of hydrogen-bond acceptors (Lipinski definition) is 5. The minimum Gasteiger partial charge on any atom is -0.345 e. The summed E-state index contributed by atoms with van der Waals surface area (Å²) in [6, 6.07) is 9.88. The van der Waals surface area contributed by atoms with Gasteiger partial charge in [0.1, 0.15) is 17.2 Å². The molecule has 8 nitrogen and oxygen atoms in total. The monoisotopic (exact) mass is 352 g/mol. The number of hydrogen-bond donors (Lipinski definition) is 3. The van der Waals surface area contributed by atoms with Gasteiger partial charge in [-0.05, 0) is 30.3 Å². The fraction of sp³-hybridized carbons (Fsp3) is 0. The number of imidazole rings is 3. The maximum absolute atomic E-state index is 4.61. The van der Waals surface area contributed by atoms with E-state index in [0.29, 0.717) is 5.65 Å². The Labute approximate surface area is 151 Å². The molecule has 0 unspecified atom stereocenters. The fourth-order valence-electron chi connectivity index (χ4n) is 3.24. The quantitative estimate of drug-likeness (QED) is 0.442. The van der Waals surface area contributed by atoms with Crippen molar-refractivity contribution in [3.63, 3.8) is 0 Å². The summed E-state index contributed by atoms with van der Waals surface area (Å²) in [6.45, 7) is 0. The molecule has 5 heterocycles. The SMILES string of the molecule is c1cc2[nH]c(-c3cnc4nc(-c5ccc6nc[nH]c6c5)[nH]c4c3)nc2cn1. The predicted molar refractivity (Wildman–Crippen MR) is 102 cm³/mol. The molecule has 128 valence electrons. The van der Waals surface area contributed by atoms with E-state index in [-0.39, 0.29) is 0 Å². The summed E-state index contributed by atoms with van der Waals surface area (Å²) >= 11 is 0. The highest BCUT2D eigenvalue weighted by molar-refractivity contribution is 5.85. The average Bonchev–Trinajstić information content (AvgIpc) is 3.42. The van der Waals surface area contributed by atoms with Crippen molar-refractivity contribution < 1.29 is 0 Å². The molecule has 0 saturated carbocycles. The van der Waals surface area contributed by atoms with E-state index < -0.39 is 0 Å². The van der Waals surface area contributed by atoms with Crippen LogP contribution in [0.5, 0.6) is 0 Å². The number of rotatable bonds is 2. The highest BCUT2D eigenvalue weighted by atomic mass is 15.0. The number of benzene rings is 1. The van der Waals surface area contributed by atoms with Crippen LogP contribution in [0, 0.1) is 0 Å². The zero-order valence-corrected chi connectivity index (χ0v) is 13.9. The zero-order chi connectivity index (χ0) is 17.8. The van der Waals surface area contributed by atoms with Crippen molar-refractivity contribution in [3.05, 3.63) is 55.2 Å². The Morgan fingerprint density at radius 3 is 2.56 bits per heavy atom.